The van der Waals surface area contributed by atoms with E-state index < -0.39 is 11.9 Å². The van der Waals surface area contributed by atoms with E-state index in [1.165, 1.54) is 11.3 Å². The minimum atomic E-state index is -0.773. The second-order valence-electron chi connectivity index (χ2n) is 7.07. The summed E-state index contributed by atoms with van der Waals surface area (Å²) in [6.07, 6.45) is 2.19. The highest BCUT2D eigenvalue weighted by molar-refractivity contribution is 7.21. The summed E-state index contributed by atoms with van der Waals surface area (Å²) < 4.78 is 6.33. The van der Waals surface area contributed by atoms with Gasteiger partial charge in [0.05, 0.1) is 17.9 Å². The van der Waals surface area contributed by atoms with Crippen LogP contribution in [0.3, 0.4) is 0 Å². The first kappa shape index (κ1) is 16.4. The third kappa shape index (κ3) is 2.78. The van der Waals surface area contributed by atoms with Gasteiger partial charge in [0.15, 0.2) is 0 Å². The molecular weight excluding hydrogens is 338 g/mol. The van der Waals surface area contributed by atoms with Crippen molar-refractivity contribution in [3.63, 3.8) is 0 Å². The lowest BCUT2D eigenvalue weighted by atomic mass is 9.92. The Bertz CT molecular complexity index is 854. The quantitative estimate of drug-likeness (QED) is 0.908. The van der Waals surface area contributed by atoms with Crippen molar-refractivity contribution in [2.24, 2.45) is 17.8 Å². The number of hydrogen-bond acceptors (Lipinski definition) is 4. The molecule has 25 heavy (non-hydrogen) atoms. The number of fused-ring (bicyclic) bond motifs is 1. The van der Waals surface area contributed by atoms with Gasteiger partial charge in [-0.3, -0.25) is 9.59 Å². The first-order valence-corrected chi connectivity index (χ1v) is 9.40. The van der Waals surface area contributed by atoms with Gasteiger partial charge in [-0.15, -0.1) is 11.3 Å². The number of nitrogens with zero attached hydrogens (tertiary/aromatic N) is 1. The molecule has 2 aliphatic rings. The number of carboxylic acid groups (broad SMARTS) is 1. The summed E-state index contributed by atoms with van der Waals surface area (Å²) in [5.74, 6) is 0.125. The summed E-state index contributed by atoms with van der Waals surface area (Å²) in [7, 11) is 1.63. The van der Waals surface area contributed by atoms with Gasteiger partial charge in [-0.05, 0) is 60.7 Å². The number of benzene rings is 1. The number of thiophene rings is 1. The van der Waals surface area contributed by atoms with Crippen LogP contribution in [-0.4, -0.2) is 42.1 Å². The molecule has 2 aromatic rings. The summed E-state index contributed by atoms with van der Waals surface area (Å²) >= 11 is 1.48. The van der Waals surface area contributed by atoms with E-state index in [1.54, 1.807) is 12.0 Å². The van der Waals surface area contributed by atoms with E-state index in [4.69, 9.17) is 4.74 Å². The number of likely N-dealkylation sites (tertiary alicyclic amines) is 1. The molecule has 1 aromatic carbocycles. The van der Waals surface area contributed by atoms with Crippen molar-refractivity contribution in [3.05, 3.63) is 28.6 Å². The van der Waals surface area contributed by atoms with Crippen molar-refractivity contribution in [1.29, 1.82) is 0 Å². The first-order chi connectivity index (χ1) is 12.0. The van der Waals surface area contributed by atoms with Crippen LogP contribution in [0.15, 0.2) is 18.2 Å². The number of methoxy groups -OCH3 is 1. The van der Waals surface area contributed by atoms with E-state index in [9.17, 15) is 14.7 Å². The Kier molecular flexibility index (Phi) is 3.95. The van der Waals surface area contributed by atoms with Gasteiger partial charge in [0.1, 0.15) is 5.75 Å². The van der Waals surface area contributed by atoms with Crippen molar-refractivity contribution in [2.45, 2.75) is 19.8 Å². The van der Waals surface area contributed by atoms with Crippen LogP contribution in [0.5, 0.6) is 5.75 Å². The maximum absolute atomic E-state index is 13.1. The molecule has 2 fully saturated rings. The van der Waals surface area contributed by atoms with E-state index in [-0.39, 0.29) is 11.8 Å². The maximum Gasteiger partial charge on any atom is 0.308 e. The molecule has 2 atom stereocenters. The van der Waals surface area contributed by atoms with Gasteiger partial charge in [0.25, 0.3) is 5.91 Å². The summed E-state index contributed by atoms with van der Waals surface area (Å²) in [4.78, 5) is 27.1. The summed E-state index contributed by atoms with van der Waals surface area (Å²) in [5.41, 5.74) is 0.950. The highest BCUT2D eigenvalue weighted by atomic mass is 32.1. The first-order valence-electron chi connectivity index (χ1n) is 8.58. The van der Waals surface area contributed by atoms with Gasteiger partial charge in [-0.2, -0.15) is 0 Å². The molecule has 0 spiro atoms. The molecule has 1 saturated carbocycles. The third-order valence-corrected chi connectivity index (χ3v) is 6.80. The number of hydrogen-bond donors (Lipinski definition) is 1. The predicted octanol–water partition coefficient (Wildman–Crippen LogP) is 3.40. The molecule has 6 heteroatoms. The van der Waals surface area contributed by atoms with Crippen LogP contribution in [0.25, 0.3) is 10.1 Å². The largest absolute Gasteiger partial charge is 0.497 e. The number of carbonyl (C=O) groups is 2. The Labute approximate surface area is 150 Å². The minimum Gasteiger partial charge on any atom is -0.497 e. The van der Waals surface area contributed by atoms with Gasteiger partial charge in [0.2, 0.25) is 0 Å². The SMILES string of the molecule is COc1ccc2sc(C(=O)N3C[C@H](C(=O)O)[C@@H](C4CC4)C3)c(C)c2c1. The zero-order valence-electron chi connectivity index (χ0n) is 14.3. The summed E-state index contributed by atoms with van der Waals surface area (Å²) in [6, 6.07) is 5.82. The average Bonchev–Trinajstić information content (AvgIpc) is 3.27. The minimum absolute atomic E-state index is 0.0351. The molecule has 1 saturated heterocycles. The number of amides is 1. The van der Waals surface area contributed by atoms with Gasteiger partial charge in [0, 0.05) is 17.8 Å². The van der Waals surface area contributed by atoms with Crippen molar-refractivity contribution >= 4 is 33.3 Å². The molecule has 0 bridgehead atoms. The van der Waals surface area contributed by atoms with Crippen LogP contribution < -0.4 is 4.74 Å². The van der Waals surface area contributed by atoms with E-state index >= 15 is 0 Å². The predicted molar refractivity (Wildman–Crippen MR) is 96.4 cm³/mol. The molecule has 1 N–H and O–H groups in total. The van der Waals surface area contributed by atoms with Gasteiger partial charge >= 0.3 is 5.97 Å². The topological polar surface area (TPSA) is 66.8 Å². The van der Waals surface area contributed by atoms with E-state index in [0.717, 1.165) is 34.2 Å². The third-order valence-electron chi connectivity index (χ3n) is 5.53. The van der Waals surface area contributed by atoms with E-state index in [2.05, 4.69) is 0 Å². The number of aryl methyl sites for hydroxylation is 1. The number of carboxylic acids is 1. The van der Waals surface area contributed by atoms with Gasteiger partial charge in [-0.1, -0.05) is 0 Å². The number of ether oxygens (including phenoxy) is 1. The Hall–Kier alpha value is -2.08. The fourth-order valence-electron chi connectivity index (χ4n) is 3.93. The second kappa shape index (κ2) is 6.02. The van der Waals surface area contributed by atoms with E-state index in [1.807, 2.05) is 25.1 Å². The van der Waals surface area contributed by atoms with Crippen molar-refractivity contribution in [3.8, 4) is 5.75 Å². The van der Waals surface area contributed by atoms with Crippen LogP contribution in [-0.2, 0) is 4.79 Å². The molecule has 0 radical (unpaired) electrons. The lowest BCUT2D eigenvalue weighted by molar-refractivity contribution is -0.142. The fourth-order valence-corrected chi connectivity index (χ4v) is 5.09. The molecule has 4 rings (SSSR count). The lowest BCUT2D eigenvalue weighted by Crippen LogP contribution is -2.29. The molecule has 5 nitrogen and oxygen atoms in total. The number of aliphatic carboxylic acids is 1. The maximum atomic E-state index is 13.1. The zero-order valence-corrected chi connectivity index (χ0v) is 15.1. The standard InChI is InChI=1S/C19H21NO4S/c1-10-13-7-12(24-2)5-6-16(13)25-17(10)18(21)20-8-14(11-3-4-11)15(9-20)19(22)23/h5-7,11,14-15H,3-4,8-9H2,1-2H3,(H,22,23)/t14-,15+/m1/s1. The highest BCUT2D eigenvalue weighted by Gasteiger charge is 2.47. The Morgan fingerprint density at radius 3 is 2.68 bits per heavy atom. The number of rotatable bonds is 4. The average molecular weight is 359 g/mol. The Balaban J connectivity index is 1.63. The van der Waals surface area contributed by atoms with Crippen LogP contribution in [0.2, 0.25) is 0 Å². The molecule has 1 aromatic heterocycles. The Morgan fingerprint density at radius 1 is 1.28 bits per heavy atom. The molecule has 132 valence electrons. The Morgan fingerprint density at radius 2 is 2.04 bits per heavy atom. The molecular formula is C19H21NO4S. The van der Waals surface area contributed by atoms with Crippen LogP contribution >= 0.6 is 11.3 Å². The van der Waals surface area contributed by atoms with E-state index in [0.29, 0.717) is 23.9 Å². The normalized spacial score (nSPS) is 23.2. The molecule has 1 aliphatic carbocycles. The number of carbonyl (C=O) groups excluding carboxylic acids is 1. The van der Waals surface area contributed by atoms with Crippen LogP contribution in [0.4, 0.5) is 0 Å². The van der Waals surface area contributed by atoms with Crippen molar-refractivity contribution < 1.29 is 19.4 Å². The summed E-state index contributed by atoms with van der Waals surface area (Å²) in [5, 5.41) is 10.5. The molecule has 1 aliphatic heterocycles. The highest BCUT2D eigenvalue weighted by Crippen LogP contribution is 2.45. The van der Waals surface area contributed by atoms with Crippen molar-refractivity contribution in [1.82, 2.24) is 4.90 Å². The molecule has 0 unspecified atom stereocenters. The zero-order chi connectivity index (χ0) is 17.7. The fraction of sp³-hybridized carbons (Fsp3) is 0.474. The monoisotopic (exact) mass is 359 g/mol. The smallest absolute Gasteiger partial charge is 0.308 e. The second-order valence-corrected chi connectivity index (χ2v) is 8.13. The van der Waals surface area contributed by atoms with Crippen LogP contribution in [0.1, 0.15) is 28.1 Å². The van der Waals surface area contributed by atoms with Gasteiger partial charge < -0.3 is 14.7 Å². The van der Waals surface area contributed by atoms with Crippen LogP contribution in [0, 0.1) is 24.7 Å². The summed E-state index contributed by atoms with van der Waals surface area (Å²) in [6.45, 7) is 2.85. The van der Waals surface area contributed by atoms with Crippen molar-refractivity contribution in [2.75, 3.05) is 20.2 Å². The van der Waals surface area contributed by atoms with Gasteiger partial charge in [-0.25, -0.2) is 0 Å². The molecule has 2 heterocycles. The molecule has 1 amide bonds. The lowest BCUT2D eigenvalue weighted by Gasteiger charge is -2.15.